The van der Waals surface area contributed by atoms with Gasteiger partial charge in [0.1, 0.15) is 5.75 Å². The molecule has 0 bridgehead atoms. The number of nitrogens with one attached hydrogen (secondary N) is 3. The average molecular weight is 397 g/mol. The molecule has 1 amide bonds. The second-order valence-electron chi connectivity index (χ2n) is 6.68. The van der Waals surface area contributed by atoms with Gasteiger partial charge in [-0.15, -0.1) is 0 Å². The van der Waals surface area contributed by atoms with Gasteiger partial charge in [-0.1, -0.05) is 31.2 Å². The van der Waals surface area contributed by atoms with Crippen molar-refractivity contribution in [2.24, 2.45) is 4.99 Å². The highest BCUT2D eigenvalue weighted by Gasteiger charge is 2.05. The van der Waals surface area contributed by atoms with E-state index in [1.807, 2.05) is 50.2 Å². The lowest BCUT2D eigenvalue weighted by Crippen LogP contribution is -2.38. The van der Waals surface area contributed by atoms with Gasteiger partial charge in [-0.05, 0) is 55.2 Å². The highest BCUT2D eigenvalue weighted by atomic mass is 16.5. The summed E-state index contributed by atoms with van der Waals surface area (Å²) in [5.74, 6) is 1.59. The number of benzene rings is 2. The fourth-order valence-electron chi connectivity index (χ4n) is 2.78. The van der Waals surface area contributed by atoms with Gasteiger partial charge >= 0.3 is 0 Å². The number of nitrogens with zero attached hydrogens (tertiary/aromatic N) is 1. The van der Waals surface area contributed by atoms with E-state index in [4.69, 9.17) is 4.74 Å². The van der Waals surface area contributed by atoms with E-state index in [9.17, 15) is 4.79 Å². The lowest BCUT2D eigenvalue weighted by atomic mass is 10.1. The SMILES string of the molecule is CCCNC(=O)c1cccc(CN=C(NCC)NCCc2ccc(OC)cc2)c1. The Balaban J connectivity index is 1.91. The fourth-order valence-corrected chi connectivity index (χ4v) is 2.78. The summed E-state index contributed by atoms with van der Waals surface area (Å²) in [5.41, 5.74) is 2.91. The van der Waals surface area contributed by atoms with Gasteiger partial charge in [-0.25, -0.2) is 4.99 Å². The first-order chi connectivity index (χ1) is 14.2. The summed E-state index contributed by atoms with van der Waals surface area (Å²) in [6.45, 7) is 6.83. The van der Waals surface area contributed by atoms with E-state index < -0.39 is 0 Å². The quantitative estimate of drug-likeness (QED) is 0.426. The van der Waals surface area contributed by atoms with E-state index in [2.05, 4.69) is 33.1 Å². The Bertz CT molecular complexity index is 788. The van der Waals surface area contributed by atoms with Crippen molar-refractivity contribution in [3.63, 3.8) is 0 Å². The monoisotopic (exact) mass is 396 g/mol. The maximum absolute atomic E-state index is 12.1. The number of guanidine groups is 1. The number of amides is 1. The zero-order chi connectivity index (χ0) is 20.9. The Morgan fingerprint density at radius 1 is 0.966 bits per heavy atom. The summed E-state index contributed by atoms with van der Waals surface area (Å²) in [6.07, 6.45) is 1.81. The summed E-state index contributed by atoms with van der Waals surface area (Å²) in [5, 5.41) is 9.53. The van der Waals surface area contributed by atoms with Gasteiger partial charge in [0.25, 0.3) is 5.91 Å². The number of methoxy groups -OCH3 is 1. The third-order valence-corrected chi connectivity index (χ3v) is 4.35. The van der Waals surface area contributed by atoms with Crippen molar-refractivity contribution in [3.05, 3.63) is 65.2 Å². The molecule has 6 heteroatoms. The number of rotatable bonds is 10. The van der Waals surface area contributed by atoms with Crippen molar-refractivity contribution < 1.29 is 9.53 Å². The predicted octanol–water partition coefficient (Wildman–Crippen LogP) is 3.13. The molecule has 0 aromatic heterocycles. The molecule has 2 aromatic carbocycles. The summed E-state index contributed by atoms with van der Waals surface area (Å²) < 4.78 is 5.19. The highest BCUT2D eigenvalue weighted by molar-refractivity contribution is 5.94. The Morgan fingerprint density at radius 2 is 1.76 bits per heavy atom. The van der Waals surface area contributed by atoms with Gasteiger partial charge in [-0.3, -0.25) is 4.79 Å². The largest absolute Gasteiger partial charge is 0.497 e. The third kappa shape index (κ3) is 7.86. The van der Waals surface area contributed by atoms with Crippen LogP contribution in [0.25, 0.3) is 0 Å². The van der Waals surface area contributed by atoms with Crippen molar-refractivity contribution in [1.82, 2.24) is 16.0 Å². The topological polar surface area (TPSA) is 74.8 Å². The number of carbonyl (C=O) groups excluding carboxylic acids is 1. The molecule has 3 N–H and O–H groups in total. The zero-order valence-corrected chi connectivity index (χ0v) is 17.6. The second-order valence-corrected chi connectivity index (χ2v) is 6.68. The van der Waals surface area contributed by atoms with Crippen LogP contribution in [0.5, 0.6) is 5.75 Å². The van der Waals surface area contributed by atoms with Gasteiger partial charge in [-0.2, -0.15) is 0 Å². The first-order valence-electron chi connectivity index (χ1n) is 10.2. The van der Waals surface area contributed by atoms with Crippen molar-refractivity contribution in [2.45, 2.75) is 33.2 Å². The molecular formula is C23H32N4O2. The summed E-state index contributed by atoms with van der Waals surface area (Å²) in [7, 11) is 1.67. The predicted molar refractivity (Wildman–Crippen MR) is 119 cm³/mol. The van der Waals surface area contributed by atoms with E-state index in [0.29, 0.717) is 18.7 Å². The maximum atomic E-state index is 12.1. The highest BCUT2D eigenvalue weighted by Crippen LogP contribution is 2.11. The molecule has 0 aliphatic carbocycles. The van der Waals surface area contributed by atoms with Gasteiger partial charge in [0.15, 0.2) is 5.96 Å². The van der Waals surface area contributed by atoms with Crippen LogP contribution in [0.1, 0.15) is 41.8 Å². The van der Waals surface area contributed by atoms with E-state index in [1.165, 1.54) is 5.56 Å². The first kappa shape index (κ1) is 22.3. The van der Waals surface area contributed by atoms with Crippen molar-refractivity contribution in [2.75, 3.05) is 26.7 Å². The molecule has 0 saturated carbocycles. The molecule has 0 aliphatic rings. The minimum atomic E-state index is -0.0396. The van der Waals surface area contributed by atoms with Gasteiger partial charge in [0, 0.05) is 25.2 Å². The molecule has 29 heavy (non-hydrogen) atoms. The lowest BCUT2D eigenvalue weighted by Gasteiger charge is -2.12. The Labute approximate surface area is 173 Å². The molecule has 2 rings (SSSR count). The Morgan fingerprint density at radius 3 is 2.45 bits per heavy atom. The molecule has 0 unspecified atom stereocenters. The smallest absolute Gasteiger partial charge is 0.251 e. The number of hydrogen-bond acceptors (Lipinski definition) is 3. The Hall–Kier alpha value is -3.02. The molecule has 0 radical (unpaired) electrons. The minimum Gasteiger partial charge on any atom is -0.497 e. The van der Waals surface area contributed by atoms with E-state index in [1.54, 1.807) is 7.11 Å². The van der Waals surface area contributed by atoms with Gasteiger partial charge in [0.2, 0.25) is 0 Å². The van der Waals surface area contributed by atoms with Crippen LogP contribution in [-0.2, 0) is 13.0 Å². The molecule has 0 fully saturated rings. The second kappa shape index (κ2) is 12.4. The number of hydrogen-bond donors (Lipinski definition) is 3. The van der Waals surface area contributed by atoms with Crippen LogP contribution in [-0.4, -0.2) is 38.6 Å². The van der Waals surface area contributed by atoms with Crippen molar-refractivity contribution in [3.8, 4) is 5.75 Å². The summed E-state index contributed by atoms with van der Waals surface area (Å²) >= 11 is 0. The van der Waals surface area contributed by atoms with E-state index in [0.717, 1.165) is 43.2 Å². The van der Waals surface area contributed by atoms with Crippen molar-refractivity contribution >= 4 is 11.9 Å². The van der Waals surface area contributed by atoms with Crippen LogP contribution < -0.4 is 20.7 Å². The van der Waals surface area contributed by atoms with E-state index >= 15 is 0 Å². The van der Waals surface area contributed by atoms with Crippen LogP contribution >= 0.6 is 0 Å². The average Bonchev–Trinajstić information content (AvgIpc) is 2.76. The summed E-state index contributed by atoms with van der Waals surface area (Å²) in [4.78, 5) is 16.8. The normalized spacial score (nSPS) is 11.1. The maximum Gasteiger partial charge on any atom is 0.251 e. The lowest BCUT2D eigenvalue weighted by molar-refractivity contribution is 0.0953. The van der Waals surface area contributed by atoms with Crippen molar-refractivity contribution in [1.29, 1.82) is 0 Å². The Kier molecular flexibility index (Phi) is 9.55. The third-order valence-electron chi connectivity index (χ3n) is 4.35. The molecular weight excluding hydrogens is 364 g/mol. The molecule has 156 valence electrons. The number of ether oxygens (including phenoxy) is 1. The molecule has 0 aliphatic heterocycles. The molecule has 2 aromatic rings. The molecule has 0 atom stereocenters. The van der Waals surface area contributed by atoms with Gasteiger partial charge in [0.05, 0.1) is 13.7 Å². The van der Waals surface area contributed by atoms with Crippen LogP contribution in [0.4, 0.5) is 0 Å². The van der Waals surface area contributed by atoms with E-state index in [-0.39, 0.29) is 5.91 Å². The summed E-state index contributed by atoms with van der Waals surface area (Å²) in [6, 6.07) is 15.7. The number of aliphatic imine (C=N–C) groups is 1. The minimum absolute atomic E-state index is 0.0396. The van der Waals surface area contributed by atoms with Crippen LogP contribution in [0.15, 0.2) is 53.5 Å². The van der Waals surface area contributed by atoms with Crippen LogP contribution in [0.2, 0.25) is 0 Å². The molecule has 0 heterocycles. The van der Waals surface area contributed by atoms with Gasteiger partial charge < -0.3 is 20.7 Å². The standard InChI is InChI=1S/C23H32N4O2/c1-4-14-25-22(28)20-8-6-7-19(16-20)17-27-23(24-5-2)26-15-13-18-9-11-21(29-3)12-10-18/h6-12,16H,4-5,13-15,17H2,1-3H3,(H,25,28)(H2,24,26,27). The van der Waals surface area contributed by atoms with Crippen LogP contribution in [0.3, 0.4) is 0 Å². The first-order valence-corrected chi connectivity index (χ1v) is 10.2. The fraction of sp³-hybridized carbons (Fsp3) is 0.391. The van der Waals surface area contributed by atoms with Crippen LogP contribution in [0, 0.1) is 0 Å². The number of carbonyl (C=O) groups is 1. The molecule has 0 spiro atoms. The zero-order valence-electron chi connectivity index (χ0n) is 17.6. The molecule has 6 nitrogen and oxygen atoms in total. The molecule has 0 saturated heterocycles.